The van der Waals surface area contributed by atoms with Gasteiger partial charge in [-0.05, 0) is 91.1 Å². The second-order valence-electron chi connectivity index (χ2n) is 12.3. The van der Waals surface area contributed by atoms with Crippen LogP contribution in [0.15, 0.2) is 36.4 Å². The van der Waals surface area contributed by atoms with Crippen molar-refractivity contribution in [1.29, 1.82) is 0 Å². The van der Waals surface area contributed by atoms with E-state index in [9.17, 15) is 4.79 Å². The van der Waals surface area contributed by atoms with Crippen LogP contribution in [-0.4, -0.2) is 34.4 Å². The van der Waals surface area contributed by atoms with Crippen LogP contribution in [0.5, 0.6) is 5.75 Å². The highest BCUT2D eigenvalue weighted by atomic mass is 28.4. The maximum atomic E-state index is 12.0. The molecular weight excluding hydrogens is 440 g/mol. The van der Waals surface area contributed by atoms with Gasteiger partial charge in [0.25, 0.3) is 0 Å². The number of carbonyl (C=O) groups excluding carboxylic acids is 1. The molecule has 7 atom stereocenters. The highest BCUT2D eigenvalue weighted by Crippen LogP contribution is 2.56. The lowest BCUT2D eigenvalue weighted by molar-refractivity contribution is -0.112. The summed E-state index contributed by atoms with van der Waals surface area (Å²) in [6, 6.07) is 8.03. The molecule has 1 aromatic carbocycles. The fourth-order valence-electron chi connectivity index (χ4n) is 6.42. The second kappa shape index (κ2) is 10.3. The van der Waals surface area contributed by atoms with E-state index in [4.69, 9.17) is 13.9 Å². The molecule has 5 heteroatoms. The Morgan fingerprint density at radius 1 is 1.03 bits per heavy atom. The van der Waals surface area contributed by atoms with Gasteiger partial charge in [-0.15, -0.1) is 0 Å². The number of fused-ring (bicyclic) bond motifs is 3. The normalized spacial score (nSPS) is 32.9. The lowest BCUT2D eigenvalue weighted by Crippen LogP contribution is -2.43. The van der Waals surface area contributed by atoms with Crippen molar-refractivity contribution >= 4 is 14.6 Å². The van der Waals surface area contributed by atoms with E-state index < -0.39 is 8.32 Å². The minimum atomic E-state index is -1.76. The van der Waals surface area contributed by atoms with Gasteiger partial charge in [0, 0.05) is 18.6 Å². The molecule has 0 aliphatic heterocycles. The fraction of sp³-hybridized carbons (Fsp3) is 0.690. The van der Waals surface area contributed by atoms with Crippen LogP contribution in [0.4, 0.5) is 0 Å². The fourth-order valence-corrected chi connectivity index (χ4v) is 7.80. The predicted octanol–water partition coefficient (Wildman–Crippen LogP) is 6.66. The Bertz CT molecular complexity index is 856. The molecule has 0 saturated heterocycles. The van der Waals surface area contributed by atoms with E-state index in [0.717, 1.165) is 37.0 Å². The van der Waals surface area contributed by atoms with Crippen molar-refractivity contribution in [2.24, 2.45) is 35.5 Å². The SMILES string of the molecule is COc1ccc(COCC[C@H]2[C@@H]3C=C[C@@H]4C[C@@H](O[Si](C)(C)C(C)(C)C)C[C@H]4[C@@H]3C[C@@H]2C=O)cc1. The van der Waals surface area contributed by atoms with Gasteiger partial charge in [-0.25, -0.2) is 0 Å². The third-order valence-electron chi connectivity index (χ3n) is 9.30. The molecule has 0 amide bonds. The zero-order valence-corrected chi connectivity index (χ0v) is 23.0. The van der Waals surface area contributed by atoms with Crippen molar-refractivity contribution in [2.45, 2.75) is 77.3 Å². The Kier molecular flexibility index (Phi) is 7.76. The summed E-state index contributed by atoms with van der Waals surface area (Å²) in [5.74, 6) is 3.82. The highest BCUT2D eigenvalue weighted by Gasteiger charge is 2.52. The predicted molar refractivity (Wildman–Crippen MR) is 139 cm³/mol. The Balaban J connectivity index is 1.33. The standard InChI is InChI=1S/C29H44O4Si/c1-29(2,3)34(5,6)33-24-15-21-9-12-26-25(22(18-30)16-28(26)27(21)17-24)13-14-32-19-20-7-10-23(31-4)11-8-20/h7-12,18,21-22,24-28H,13-17,19H2,1-6H3/t21-,22-,24-,25-,26+,27-,28-/m1/s1. The van der Waals surface area contributed by atoms with Crippen LogP contribution in [0, 0.1) is 35.5 Å². The van der Waals surface area contributed by atoms with Crippen molar-refractivity contribution in [1.82, 2.24) is 0 Å². The quantitative estimate of drug-likeness (QED) is 0.170. The first-order chi connectivity index (χ1) is 16.1. The van der Waals surface area contributed by atoms with Crippen molar-refractivity contribution in [2.75, 3.05) is 13.7 Å². The number of allylic oxidation sites excluding steroid dienone is 2. The second-order valence-corrected chi connectivity index (χ2v) is 17.1. The maximum absolute atomic E-state index is 12.0. The molecule has 3 aliphatic rings. The molecule has 188 valence electrons. The molecule has 0 bridgehead atoms. The van der Waals surface area contributed by atoms with Gasteiger partial charge in [-0.2, -0.15) is 0 Å². The van der Waals surface area contributed by atoms with Gasteiger partial charge < -0.3 is 18.7 Å². The van der Waals surface area contributed by atoms with E-state index in [2.05, 4.69) is 46.0 Å². The third kappa shape index (κ3) is 5.37. The summed E-state index contributed by atoms with van der Waals surface area (Å²) in [7, 11) is -0.0814. The highest BCUT2D eigenvalue weighted by molar-refractivity contribution is 6.74. The molecule has 4 nitrogen and oxygen atoms in total. The molecular formula is C29H44O4Si. The van der Waals surface area contributed by atoms with Gasteiger partial charge in [0.1, 0.15) is 12.0 Å². The van der Waals surface area contributed by atoms with Crippen LogP contribution in [0.3, 0.4) is 0 Å². The third-order valence-corrected chi connectivity index (χ3v) is 13.8. The molecule has 0 spiro atoms. The average molecular weight is 485 g/mol. The van der Waals surface area contributed by atoms with Gasteiger partial charge in [-0.1, -0.05) is 45.1 Å². The number of carbonyl (C=O) groups is 1. The summed E-state index contributed by atoms with van der Waals surface area (Å²) in [6.45, 7) is 13.0. The van der Waals surface area contributed by atoms with E-state index in [1.807, 2.05) is 24.3 Å². The van der Waals surface area contributed by atoms with E-state index in [1.54, 1.807) is 7.11 Å². The molecule has 0 aromatic heterocycles. The van der Waals surface area contributed by atoms with Gasteiger partial charge >= 0.3 is 0 Å². The zero-order valence-electron chi connectivity index (χ0n) is 22.0. The van der Waals surface area contributed by atoms with E-state index >= 15 is 0 Å². The minimum absolute atomic E-state index is 0.156. The molecule has 0 N–H and O–H groups in total. The summed E-state index contributed by atoms with van der Waals surface area (Å²) in [4.78, 5) is 12.0. The zero-order chi connectivity index (χ0) is 24.5. The number of hydrogen-bond acceptors (Lipinski definition) is 4. The Morgan fingerprint density at radius 3 is 2.41 bits per heavy atom. The Hall–Kier alpha value is -1.43. The van der Waals surface area contributed by atoms with Crippen molar-refractivity contribution in [3.63, 3.8) is 0 Å². The largest absolute Gasteiger partial charge is 0.497 e. The van der Waals surface area contributed by atoms with Crippen LogP contribution in [0.25, 0.3) is 0 Å². The molecule has 1 aromatic rings. The molecule has 0 heterocycles. The number of benzene rings is 1. The molecule has 2 fully saturated rings. The van der Waals surface area contributed by atoms with Gasteiger partial charge in [0.2, 0.25) is 0 Å². The van der Waals surface area contributed by atoms with Crippen molar-refractivity contribution < 1.29 is 18.7 Å². The van der Waals surface area contributed by atoms with Gasteiger partial charge in [-0.3, -0.25) is 0 Å². The van der Waals surface area contributed by atoms with Crippen LogP contribution in [0.1, 0.15) is 52.0 Å². The van der Waals surface area contributed by atoms with E-state index in [0.29, 0.717) is 48.9 Å². The number of hydrogen-bond donors (Lipinski definition) is 0. The minimum Gasteiger partial charge on any atom is -0.497 e. The van der Waals surface area contributed by atoms with Crippen molar-refractivity contribution in [3.8, 4) is 5.75 Å². The lowest BCUT2D eigenvalue weighted by atomic mass is 9.71. The first kappa shape index (κ1) is 25.7. The van der Waals surface area contributed by atoms with Crippen LogP contribution >= 0.6 is 0 Å². The summed E-state index contributed by atoms with van der Waals surface area (Å²) in [5, 5.41) is 0.242. The van der Waals surface area contributed by atoms with Crippen molar-refractivity contribution in [3.05, 3.63) is 42.0 Å². The van der Waals surface area contributed by atoms with Crippen LogP contribution < -0.4 is 4.74 Å². The molecule has 3 aliphatic carbocycles. The number of rotatable bonds is 9. The van der Waals surface area contributed by atoms with Gasteiger partial charge in [0.15, 0.2) is 8.32 Å². The molecule has 0 unspecified atom stereocenters. The maximum Gasteiger partial charge on any atom is 0.192 e. The first-order valence-corrected chi connectivity index (χ1v) is 16.1. The summed E-state index contributed by atoms with van der Waals surface area (Å²) in [5.41, 5.74) is 1.15. The summed E-state index contributed by atoms with van der Waals surface area (Å²) in [6.07, 6.45) is 10.8. The Morgan fingerprint density at radius 2 is 1.76 bits per heavy atom. The monoisotopic (exact) mass is 484 g/mol. The molecule has 0 radical (unpaired) electrons. The Labute approximate surface area is 207 Å². The van der Waals surface area contributed by atoms with E-state index in [1.165, 1.54) is 6.29 Å². The molecule has 34 heavy (non-hydrogen) atoms. The summed E-state index contributed by atoms with van der Waals surface area (Å²) < 4.78 is 18.1. The van der Waals surface area contributed by atoms with E-state index in [-0.39, 0.29) is 11.0 Å². The number of methoxy groups -OCH3 is 1. The molecule has 2 saturated carbocycles. The van der Waals surface area contributed by atoms with Crippen LogP contribution in [0.2, 0.25) is 18.1 Å². The average Bonchev–Trinajstić information content (AvgIpc) is 3.36. The smallest absolute Gasteiger partial charge is 0.192 e. The number of aldehydes is 1. The summed E-state index contributed by atoms with van der Waals surface area (Å²) >= 11 is 0. The molecule has 4 rings (SSSR count). The van der Waals surface area contributed by atoms with Crippen LogP contribution in [-0.2, 0) is 20.6 Å². The topological polar surface area (TPSA) is 44.8 Å². The first-order valence-electron chi connectivity index (χ1n) is 13.1. The lowest BCUT2D eigenvalue weighted by Gasteiger charge is -2.38. The number of ether oxygens (including phenoxy) is 2. The van der Waals surface area contributed by atoms with Gasteiger partial charge in [0.05, 0.1) is 13.7 Å².